The monoisotopic (exact) mass is 452 g/mol. The van der Waals surface area contributed by atoms with Gasteiger partial charge in [-0.05, 0) is 73.0 Å². The van der Waals surface area contributed by atoms with Gasteiger partial charge in [-0.15, -0.1) is 0 Å². The van der Waals surface area contributed by atoms with Crippen LogP contribution in [0.1, 0.15) is 41.4 Å². The molecule has 1 N–H and O–H groups in total. The molecule has 1 atom stereocenters. The number of benzene rings is 3. The molecular formula is C25H28N2O4S. The lowest BCUT2D eigenvalue weighted by Crippen LogP contribution is -2.28. The number of sulfonamides is 1. The zero-order chi connectivity index (χ0) is 23.3. The van der Waals surface area contributed by atoms with E-state index in [0.29, 0.717) is 17.0 Å². The third-order valence-electron chi connectivity index (χ3n) is 5.45. The molecule has 0 fully saturated rings. The van der Waals surface area contributed by atoms with E-state index in [2.05, 4.69) is 24.4 Å². The second-order valence-corrected chi connectivity index (χ2v) is 9.45. The second-order valence-electron chi connectivity index (χ2n) is 7.49. The molecule has 6 nitrogen and oxygen atoms in total. The van der Waals surface area contributed by atoms with Crippen LogP contribution in [-0.4, -0.2) is 28.5 Å². The SMILES string of the molecule is CCc1ccc([C@H](C)NC(=O)c2ccc(N(C)S(=O)(=O)c3ccc(OC)cc3)cc2)cc1. The number of amides is 1. The van der Waals surface area contributed by atoms with E-state index in [9.17, 15) is 13.2 Å². The Morgan fingerprint density at radius 2 is 1.56 bits per heavy atom. The minimum atomic E-state index is -3.73. The van der Waals surface area contributed by atoms with Gasteiger partial charge in [-0.3, -0.25) is 9.10 Å². The molecule has 0 saturated carbocycles. The molecule has 0 aromatic heterocycles. The Kier molecular flexibility index (Phi) is 7.20. The molecule has 1 amide bonds. The number of carbonyl (C=O) groups is 1. The summed E-state index contributed by atoms with van der Waals surface area (Å²) in [6.07, 6.45) is 0.968. The quantitative estimate of drug-likeness (QED) is 0.543. The molecule has 3 aromatic carbocycles. The zero-order valence-corrected chi connectivity index (χ0v) is 19.5. The average Bonchev–Trinajstić information content (AvgIpc) is 2.83. The fraction of sp³-hybridized carbons (Fsp3) is 0.240. The molecule has 0 bridgehead atoms. The van der Waals surface area contributed by atoms with Gasteiger partial charge >= 0.3 is 0 Å². The van der Waals surface area contributed by atoms with Crippen molar-refractivity contribution in [3.8, 4) is 5.75 Å². The molecule has 0 aliphatic heterocycles. The Balaban J connectivity index is 1.70. The zero-order valence-electron chi connectivity index (χ0n) is 18.7. The van der Waals surface area contributed by atoms with E-state index < -0.39 is 10.0 Å². The van der Waals surface area contributed by atoms with Crippen LogP contribution in [-0.2, 0) is 16.4 Å². The lowest BCUT2D eigenvalue weighted by atomic mass is 10.0. The van der Waals surface area contributed by atoms with Crippen LogP contribution in [0.15, 0.2) is 77.7 Å². The first-order chi connectivity index (χ1) is 15.3. The van der Waals surface area contributed by atoms with E-state index in [0.717, 1.165) is 12.0 Å². The van der Waals surface area contributed by atoms with Gasteiger partial charge in [0.2, 0.25) is 0 Å². The highest BCUT2D eigenvalue weighted by Gasteiger charge is 2.21. The fourth-order valence-corrected chi connectivity index (χ4v) is 4.47. The molecule has 0 saturated heterocycles. The van der Waals surface area contributed by atoms with E-state index >= 15 is 0 Å². The van der Waals surface area contributed by atoms with Crippen LogP contribution < -0.4 is 14.4 Å². The first-order valence-electron chi connectivity index (χ1n) is 10.4. The molecule has 0 aliphatic rings. The minimum Gasteiger partial charge on any atom is -0.497 e. The maximum atomic E-state index is 12.9. The number of carbonyl (C=O) groups excluding carboxylic acids is 1. The number of rotatable bonds is 8. The van der Waals surface area contributed by atoms with Crippen LogP contribution in [0.25, 0.3) is 0 Å². The van der Waals surface area contributed by atoms with Gasteiger partial charge in [0.05, 0.1) is 23.7 Å². The van der Waals surface area contributed by atoms with Crippen LogP contribution in [0.5, 0.6) is 5.75 Å². The smallest absolute Gasteiger partial charge is 0.264 e. The minimum absolute atomic E-state index is 0.147. The van der Waals surface area contributed by atoms with Gasteiger partial charge in [-0.25, -0.2) is 8.42 Å². The molecule has 0 spiro atoms. The molecule has 0 heterocycles. The Bertz CT molecular complexity index is 1160. The van der Waals surface area contributed by atoms with Crippen molar-refractivity contribution < 1.29 is 17.9 Å². The molecule has 0 unspecified atom stereocenters. The number of aryl methyl sites for hydroxylation is 1. The van der Waals surface area contributed by atoms with Crippen LogP contribution in [0.4, 0.5) is 5.69 Å². The van der Waals surface area contributed by atoms with E-state index in [4.69, 9.17) is 4.74 Å². The molecule has 168 valence electrons. The van der Waals surface area contributed by atoms with Crippen molar-refractivity contribution in [3.63, 3.8) is 0 Å². The van der Waals surface area contributed by atoms with Crippen LogP contribution in [0.2, 0.25) is 0 Å². The Labute approximate surface area is 189 Å². The van der Waals surface area contributed by atoms with Crippen LogP contribution in [0.3, 0.4) is 0 Å². The van der Waals surface area contributed by atoms with E-state index in [1.807, 2.05) is 19.1 Å². The van der Waals surface area contributed by atoms with Gasteiger partial charge in [0, 0.05) is 12.6 Å². The average molecular weight is 453 g/mol. The van der Waals surface area contributed by atoms with Crippen molar-refractivity contribution in [1.82, 2.24) is 5.32 Å². The summed E-state index contributed by atoms with van der Waals surface area (Å²) in [6, 6.07) is 20.7. The molecule has 0 aliphatic carbocycles. The second kappa shape index (κ2) is 9.87. The Hall–Kier alpha value is -3.32. The number of anilines is 1. The van der Waals surface area contributed by atoms with Crippen LogP contribution in [0, 0.1) is 0 Å². The molecule has 32 heavy (non-hydrogen) atoms. The number of nitrogens with zero attached hydrogens (tertiary/aromatic N) is 1. The summed E-state index contributed by atoms with van der Waals surface area (Å²) in [4.78, 5) is 12.8. The maximum Gasteiger partial charge on any atom is 0.264 e. The molecule has 3 rings (SSSR count). The summed E-state index contributed by atoms with van der Waals surface area (Å²) in [6.45, 7) is 4.03. The fourth-order valence-electron chi connectivity index (χ4n) is 3.27. The number of methoxy groups -OCH3 is 1. The van der Waals surface area contributed by atoms with Crippen molar-refractivity contribution in [2.45, 2.75) is 31.2 Å². The molecule has 7 heteroatoms. The summed E-state index contributed by atoms with van der Waals surface area (Å²) in [5, 5.41) is 2.98. The highest BCUT2D eigenvalue weighted by atomic mass is 32.2. The third-order valence-corrected chi connectivity index (χ3v) is 7.25. The van der Waals surface area contributed by atoms with Crippen molar-refractivity contribution >= 4 is 21.6 Å². The van der Waals surface area contributed by atoms with E-state index in [1.165, 1.54) is 36.2 Å². The van der Waals surface area contributed by atoms with E-state index in [-0.39, 0.29) is 16.8 Å². The standard InChI is InChI=1S/C25H28N2O4S/c1-5-19-6-8-20(9-7-19)18(2)26-25(28)21-10-12-22(13-11-21)27(3)32(29,30)24-16-14-23(31-4)15-17-24/h6-18H,5H2,1-4H3,(H,26,28)/t18-/m0/s1. The number of hydrogen-bond donors (Lipinski definition) is 1. The topological polar surface area (TPSA) is 75.7 Å². The van der Waals surface area contributed by atoms with Crippen LogP contribution >= 0.6 is 0 Å². The maximum absolute atomic E-state index is 12.9. The van der Waals surface area contributed by atoms with Gasteiger partial charge in [0.25, 0.3) is 15.9 Å². The van der Waals surface area contributed by atoms with Crippen molar-refractivity contribution in [1.29, 1.82) is 0 Å². The van der Waals surface area contributed by atoms with Gasteiger partial charge in [-0.2, -0.15) is 0 Å². The summed E-state index contributed by atoms with van der Waals surface area (Å²) in [7, 11) is -0.727. The third kappa shape index (κ3) is 5.11. The summed E-state index contributed by atoms with van der Waals surface area (Å²) >= 11 is 0. The van der Waals surface area contributed by atoms with E-state index in [1.54, 1.807) is 36.4 Å². The summed E-state index contributed by atoms with van der Waals surface area (Å²) < 4.78 is 32.1. The highest BCUT2D eigenvalue weighted by Crippen LogP contribution is 2.24. The number of ether oxygens (including phenoxy) is 1. The van der Waals surface area contributed by atoms with Crippen molar-refractivity contribution in [3.05, 3.63) is 89.5 Å². The van der Waals surface area contributed by atoms with Crippen molar-refractivity contribution in [2.75, 3.05) is 18.5 Å². The Morgan fingerprint density at radius 1 is 0.969 bits per heavy atom. The molecule has 3 aromatic rings. The molecular weight excluding hydrogens is 424 g/mol. The van der Waals surface area contributed by atoms with Gasteiger partial charge in [-0.1, -0.05) is 31.2 Å². The number of nitrogens with one attached hydrogen (secondary N) is 1. The lowest BCUT2D eigenvalue weighted by Gasteiger charge is -2.20. The first-order valence-corrected chi connectivity index (χ1v) is 11.8. The lowest BCUT2D eigenvalue weighted by molar-refractivity contribution is 0.0940. The van der Waals surface area contributed by atoms with Crippen molar-refractivity contribution in [2.24, 2.45) is 0 Å². The predicted octanol–water partition coefficient (Wildman–Crippen LogP) is 4.57. The van der Waals surface area contributed by atoms with Gasteiger partial charge < -0.3 is 10.1 Å². The number of hydrogen-bond acceptors (Lipinski definition) is 4. The predicted molar refractivity (Wildman–Crippen MR) is 127 cm³/mol. The van der Waals surface area contributed by atoms with Gasteiger partial charge in [0.15, 0.2) is 0 Å². The largest absolute Gasteiger partial charge is 0.497 e. The molecule has 0 radical (unpaired) electrons. The first kappa shape index (κ1) is 23.3. The summed E-state index contributed by atoms with van der Waals surface area (Å²) in [5.41, 5.74) is 3.19. The normalized spacial score (nSPS) is 12.1. The Morgan fingerprint density at radius 3 is 2.09 bits per heavy atom. The summed E-state index contributed by atoms with van der Waals surface area (Å²) in [5.74, 6) is 0.363. The van der Waals surface area contributed by atoms with Gasteiger partial charge in [0.1, 0.15) is 5.75 Å². The highest BCUT2D eigenvalue weighted by molar-refractivity contribution is 7.92.